The van der Waals surface area contributed by atoms with Crippen molar-refractivity contribution in [3.63, 3.8) is 0 Å². The molecule has 2 heterocycles. The third-order valence-electron chi connectivity index (χ3n) is 3.07. The second-order valence-electron chi connectivity index (χ2n) is 4.64. The maximum atomic E-state index is 5.78. The Hall–Kier alpha value is -2.21. The van der Waals surface area contributed by atoms with Gasteiger partial charge in [0.2, 0.25) is 0 Å². The number of aromatic nitrogens is 3. The Balaban J connectivity index is 1.88. The Morgan fingerprint density at radius 2 is 2.19 bits per heavy atom. The first-order chi connectivity index (χ1) is 10.2. The quantitative estimate of drug-likeness (QED) is 0.772. The van der Waals surface area contributed by atoms with E-state index in [2.05, 4.69) is 15.0 Å². The number of H-pyrrole nitrogens is 1. The largest absolute Gasteiger partial charge is 0.494 e. The van der Waals surface area contributed by atoms with Crippen molar-refractivity contribution in [2.24, 2.45) is 0 Å². The molecule has 2 aromatic heterocycles. The number of nitrogens with zero attached hydrogens (tertiary/aromatic N) is 2. The van der Waals surface area contributed by atoms with Crippen LogP contribution in [-0.2, 0) is 0 Å². The lowest BCUT2D eigenvalue weighted by Crippen LogP contribution is -1.91. The van der Waals surface area contributed by atoms with Crippen LogP contribution in [0.3, 0.4) is 0 Å². The van der Waals surface area contributed by atoms with Gasteiger partial charge >= 0.3 is 0 Å². The van der Waals surface area contributed by atoms with E-state index < -0.39 is 0 Å². The highest BCUT2D eigenvalue weighted by Crippen LogP contribution is 2.28. The number of nitrogens with two attached hydrogens (primary N) is 1. The number of pyridine rings is 1. The minimum absolute atomic E-state index is 0.649. The molecule has 3 rings (SSSR count). The monoisotopic (exact) mass is 300 g/mol. The average Bonchev–Trinajstić information content (AvgIpc) is 2.85. The molecule has 0 spiro atoms. The van der Waals surface area contributed by atoms with Gasteiger partial charge in [-0.1, -0.05) is 0 Å². The van der Waals surface area contributed by atoms with Gasteiger partial charge in [0, 0.05) is 6.07 Å². The molecule has 0 saturated heterocycles. The fourth-order valence-electron chi connectivity index (χ4n) is 1.97. The molecule has 5 nitrogen and oxygen atoms in total. The molecular formula is C15H16N4OS. The van der Waals surface area contributed by atoms with E-state index in [1.54, 1.807) is 6.20 Å². The number of rotatable bonds is 4. The van der Waals surface area contributed by atoms with Crippen LogP contribution in [0.5, 0.6) is 5.75 Å². The summed E-state index contributed by atoms with van der Waals surface area (Å²) < 4.78 is 5.49. The highest BCUT2D eigenvalue weighted by molar-refractivity contribution is 7.99. The van der Waals surface area contributed by atoms with Crippen molar-refractivity contribution in [3.8, 4) is 5.75 Å². The molecule has 0 bridgehead atoms. The molecule has 3 aromatic rings. The van der Waals surface area contributed by atoms with Crippen LogP contribution >= 0.6 is 11.8 Å². The number of benzene rings is 1. The predicted molar refractivity (Wildman–Crippen MR) is 84.8 cm³/mol. The molecule has 21 heavy (non-hydrogen) atoms. The van der Waals surface area contributed by atoms with E-state index in [9.17, 15) is 0 Å². The zero-order chi connectivity index (χ0) is 14.8. The molecule has 0 amide bonds. The van der Waals surface area contributed by atoms with Crippen LogP contribution in [0.15, 0.2) is 40.6 Å². The Morgan fingerprint density at radius 1 is 1.33 bits per heavy atom. The first kappa shape index (κ1) is 13.8. The van der Waals surface area contributed by atoms with Gasteiger partial charge in [0.15, 0.2) is 5.16 Å². The number of nitrogen functional groups attached to an aromatic ring is 1. The van der Waals surface area contributed by atoms with Crippen molar-refractivity contribution in [3.05, 3.63) is 36.0 Å². The summed E-state index contributed by atoms with van der Waals surface area (Å²) in [6, 6.07) is 7.78. The van der Waals surface area contributed by atoms with Gasteiger partial charge in [-0.05, 0) is 49.4 Å². The lowest BCUT2D eigenvalue weighted by Gasteiger charge is -2.01. The predicted octanol–water partition coefficient (Wildman–Crippen LogP) is 3.40. The molecular weight excluding hydrogens is 284 g/mol. The summed E-state index contributed by atoms with van der Waals surface area (Å²) in [7, 11) is 0. The van der Waals surface area contributed by atoms with E-state index in [4.69, 9.17) is 10.5 Å². The van der Waals surface area contributed by atoms with Crippen LogP contribution < -0.4 is 10.5 Å². The van der Waals surface area contributed by atoms with Crippen LogP contribution in [-0.4, -0.2) is 21.6 Å². The van der Waals surface area contributed by atoms with E-state index in [0.717, 1.165) is 32.5 Å². The van der Waals surface area contributed by atoms with E-state index in [1.165, 1.54) is 11.8 Å². The number of hydrogen-bond acceptors (Lipinski definition) is 5. The van der Waals surface area contributed by atoms with Crippen LogP contribution in [0.1, 0.15) is 12.5 Å². The highest BCUT2D eigenvalue weighted by Gasteiger charge is 2.07. The zero-order valence-electron chi connectivity index (χ0n) is 11.9. The van der Waals surface area contributed by atoms with Crippen molar-refractivity contribution in [2.45, 2.75) is 24.0 Å². The van der Waals surface area contributed by atoms with Crippen molar-refractivity contribution < 1.29 is 4.74 Å². The number of nitrogens with one attached hydrogen (secondary N) is 1. The maximum Gasteiger partial charge on any atom is 0.172 e. The lowest BCUT2D eigenvalue weighted by molar-refractivity contribution is 0.340. The second kappa shape index (κ2) is 5.65. The number of ether oxygens (including phenoxy) is 1. The third-order valence-corrected chi connectivity index (χ3v) is 3.89. The van der Waals surface area contributed by atoms with E-state index >= 15 is 0 Å². The van der Waals surface area contributed by atoms with Crippen LogP contribution in [0.2, 0.25) is 0 Å². The standard InChI is InChI=1S/C15H16N4OS/c1-3-20-10-4-5-12-13(7-10)19-15(18-12)21-14-6-9(2)11(16)8-17-14/h4-8H,3,16H2,1-2H3,(H,18,19). The van der Waals surface area contributed by atoms with E-state index in [1.807, 2.05) is 38.1 Å². The summed E-state index contributed by atoms with van der Waals surface area (Å²) >= 11 is 1.48. The van der Waals surface area contributed by atoms with Crippen molar-refractivity contribution in [1.82, 2.24) is 15.0 Å². The first-order valence-electron chi connectivity index (χ1n) is 6.68. The van der Waals surface area contributed by atoms with Gasteiger partial charge in [0.05, 0.1) is 29.5 Å². The number of fused-ring (bicyclic) bond motifs is 1. The number of anilines is 1. The summed E-state index contributed by atoms with van der Waals surface area (Å²) in [4.78, 5) is 12.1. The van der Waals surface area contributed by atoms with Crippen molar-refractivity contribution in [1.29, 1.82) is 0 Å². The van der Waals surface area contributed by atoms with E-state index in [0.29, 0.717) is 12.3 Å². The van der Waals surface area contributed by atoms with Gasteiger partial charge in [0.1, 0.15) is 10.8 Å². The number of aryl methyl sites for hydroxylation is 1. The molecule has 0 radical (unpaired) electrons. The molecule has 6 heteroatoms. The molecule has 0 aliphatic rings. The summed E-state index contributed by atoms with van der Waals surface area (Å²) in [6.45, 7) is 4.58. The number of hydrogen-bond donors (Lipinski definition) is 2. The van der Waals surface area contributed by atoms with E-state index in [-0.39, 0.29) is 0 Å². The third kappa shape index (κ3) is 2.95. The molecule has 0 saturated carbocycles. The molecule has 0 aliphatic carbocycles. The lowest BCUT2D eigenvalue weighted by atomic mass is 10.3. The van der Waals surface area contributed by atoms with Gasteiger partial charge in [-0.15, -0.1) is 0 Å². The van der Waals surface area contributed by atoms with Gasteiger partial charge in [-0.2, -0.15) is 0 Å². The average molecular weight is 300 g/mol. The van der Waals surface area contributed by atoms with Gasteiger partial charge in [-0.3, -0.25) is 0 Å². The molecule has 108 valence electrons. The van der Waals surface area contributed by atoms with Crippen LogP contribution in [0.25, 0.3) is 11.0 Å². The summed E-state index contributed by atoms with van der Waals surface area (Å²) in [5, 5.41) is 1.67. The molecule has 0 unspecified atom stereocenters. The SMILES string of the molecule is CCOc1ccc2nc(Sc3cc(C)c(N)cn3)[nH]c2c1. The van der Waals surface area contributed by atoms with Gasteiger partial charge in [-0.25, -0.2) is 9.97 Å². The normalized spacial score (nSPS) is 11.0. The summed E-state index contributed by atoms with van der Waals surface area (Å²) in [6.07, 6.45) is 1.67. The topological polar surface area (TPSA) is 76.8 Å². The fourth-order valence-corrected chi connectivity index (χ4v) is 2.81. The summed E-state index contributed by atoms with van der Waals surface area (Å²) in [5.74, 6) is 0.839. The molecule has 0 atom stereocenters. The second-order valence-corrected chi connectivity index (χ2v) is 5.64. The highest BCUT2D eigenvalue weighted by atomic mass is 32.2. The van der Waals surface area contributed by atoms with Crippen LogP contribution in [0.4, 0.5) is 5.69 Å². The first-order valence-corrected chi connectivity index (χ1v) is 7.50. The Bertz CT molecular complexity index is 784. The minimum atomic E-state index is 0.649. The minimum Gasteiger partial charge on any atom is -0.494 e. The number of aromatic amines is 1. The molecule has 1 aromatic carbocycles. The molecule has 3 N–H and O–H groups in total. The number of imidazole rings is 1. The maximum absolute atomic E-state index is 5.78. The fraction of sp³-hybridized carbons (Fsp3) is 0.200. The smallest absolute Gasteiger partial charge is 0.172 e. The zero-order valence-corrected chi connectivity index (χ0v) is 12.7. The van der Waals surface area contributed by atoms with Gasteiger partial charge in [0.25, 0.3) is 0 Å². The Labute approximate surface area is 126 Å². The molecule has 0 aliphatic heterocycles. The van der Waals surface area contributed by atoms with Crippen molar-refractivity contribution >= 4 is 28.5 Å². The Kier molecular flexibility index (Phi) is 3.70. The van der Waals surface area contributed by atoms with Crippen molar-refractivity contribution in [2.75, 3.05) is 12.3 Å². The Morgan fingerprint density at radius 3 is 2.95 bits per heavy atom. The summed E-state index contributed by atoms with van der Waals surface area (Å²) in [5.41, 5.74) is 9.36. The van der Waals surface area contributed by atoms with Gasteiger partial charge < -0.3 is 15.5 Å². The van der Waals surface area contributed by atoms with Crippen LogP contribution in [0, 0.1) is 6.92 Å². The molecule has 0 fully saturated rings.